The number of hydrogen-bond acceptors (Lipinski definition) is 2. The van der Waals surface area contributed by atoms with Crippen LogP contribution in [0.25, 0.3) is 0 Å². The van der Waals surface area contributed by atoms with Crippen LogP contribution in [0.3, 0.4) is 0 Å². The van der Waals surface area contributed by atoms with Gasteiger partial charge in [-0.25, -0.2) is 0 Å². The minimum absolute atomic E-state index is 0.0729. The number of aryl methyl sites for hydroxylation is 2. The molecule has 0 saturated carbocycles. The van der Waals surface area contributed by atoms with E-state index in [9.17, 15) is 4.79 Å². The lowest BCUT2D eigenvalue weighted by Crippen LogP contribution is -2.23. The highest BCUT2D eigenvalue weighted by Gasteiger charge is 2.25. The summed E-state index contributed by atoms with van der Waals surface area (Å²) in [5, 5.41) is 13.9. The van der Waals surface area contributed by atoms with Crippen LogP contribution in [0.1, 0.15) is 25.2 Å². The number of rotatable bonds is 4. The second-order valence-corrected chi connectivity index (χ2v) is 4.74. The summed E-state index contributed by atoms with van der Waals surface area (Å²) in [6, 6.07) is 0. The van der Waals surface area contributed by atoms with Crippen molar-refractivity contribution in [1.29, 1.82) is 0 Å². The van der Waals surface area contributed by atoms with Gasteiger partial charge in [-0.1, -0.05) is 25.4 Å². The molecule has 4 nitrogen and oxygen atoms in total. The molecule has 1 aromatic rings. The van der Waals surface area contributed by atoms with Crippen LogP contribution in [-0.2, 0) is 18.3 Å². The molecule has 0 radical (unpaired) electrons. The Morgan fingerprint density at radius 1 is 1.56 bits per heavy atom. The number of carboxylic acid groups (broad SMARTS) is 1. The number of carbonyl (C=O) groups is 1. The smallest absolute Gasteiger partial charge is 0.307 e. The highest BCUT2D eigenvalue weighted by atomic mass is 35.5. The minimum atomic E-state index is -0.787. The zero-order valence-electron chi connectivity index (χ0n) is 9.99. The van der Waals surface area contributed by atoms with Gasteiger partial charge in [0.1, 0.15) is 0 Å². The van der Waals surface area contributed by atoms with Gasteiger partial charge in [0.05, 0.1) is 22.3 Å². The van der Waals surface area contributed by atoms with Gasteiger partial charge in [0.2, 0.25) is 0 Å². The summed E-state index contributed by atoms with van der Waals surface area (Å²) in [6.07, 6.45) is 0.420. The van der Waals surface area contributed by atoms with Gasteiger partial charge in [0, 0.05) is 13.5 Å². The van der Waals surface area contributed by atoms with Crippen molar-refractivity contribution in [3.63, 3.8) is 0 Å². The number of hydrogen-bond donors (Lipinski definition) is 1. The van der Waals surface area contributed by atoms with E-state index in [1.807, 2.05) is 20.8 Å². The standard InChI is InChI=1S/C11H17ClN2O2/c1-6(2)8(11(15)16)5-9-10(12)7(3)13-14(9)4/h6,8H,5H2,1-4H3,(H,15,16). The maximum Gasteiger partial charge on any atom is 0.307 e. The zero-order chi connectivity index (χ0) is 12.5. The Kier molecular flexibility index (Phi) is 3.97. The fourth-order valence-corrected chi connectivity index (χ4v) is 1.96. The highest BCUT2D eigenvalue weighted by Crippen LogP contribution is 2.25. The molecule has 0 aliphatic heterocycles. The second kappa shape index (κ2) is 4.87. The first kappa shape index (κ1) is 13.0. The van der Waals surface area contributed by atoms with Crippen molar-refractivity contribution in [2.75, 3.05) is 0 Å². The van der Waals surface area contributed by atoms with E-state index < -0.39 is 11.9 Å². The van der Waals surface area contributed by atoms with Crippen LogP contribution in [-0.4, -0.2) is 20.9 Å². The van der Waals surface area contributed by atoms with Crippen LogP contribution in [0.4, 0.5) is 0 Å². The molecule has 0 spiro atoms. The highest BCUT2D eigenvalue weighted by molar-refractivity contribution is 6.31. The average molecular weight is 245 g/mol. The number of carboxylic acids is 1. The summed E-state index contributed by atoms with van der Waals surface area (Å²) in [7, 11) is 1.79. The van der Waals surface area contributed by atoms with Gasteiger partial charge < -0.3 is 5.11 Å². The summed E-state index contributed by atoms with van der Waals surface area (Å²) in [4.78, 5) is 11.1. The summed E-state index contributed by atoms with van der Waals surface area (Å²) < 4.78 is 1.66. The average Bonchev–Trinajstić information content (AvgIpc) is 2.38. The number of nitrogens with zero attached hydrogens (tertiary/aromatic N) is 2. The Balaban J connectivity index is 2.98. The van der Waals surface area contributed by atoms with Crippen molar-refractivity contribution < 1.29 is 9.90 Å². The van der Waals surface area contributed by atoms with E-state index in [0.29, 0.717) is 11.4 Å². The molecule has 1 N–H and O–H groups in total. The van der Waals surface area contributed by atoms with Crippen molar-refractivity contribution in [3.8, 4) is 0 Å². The molecule has 1 aromatic heterocycles. The zero-order valence-corrected chi connectivity index (χ0v) is 10.7. The molecule has 0 amide bonds. The van der Waals surface area contributed by atoms with Gasteiger partial charge in [-0.2, -0.15) is 5.10 Å². The lowest BCUT2D eigenvalue weighted by molar-refractivity contribution is -0.143. The largest absolute Gasteiger partial charge is 0.481 e. The number of aromatic nitrogens is 2. The molecule has 1 atom stereocenters. The first-order valence-corrected chi connectivity index (χ1v) is 5.63. The minimum Gasteiger partial charge on any atom is -0.481 e. The van der Waals surface area contributed by atoms with Crippen LogP contribution in [0.15, 0.2) is 0 Å². The maximum atomic E-state index is 11.1. The normalized spacial score (nSPS) is 13.1. The SMILES string of the molecule is Cc1nn(C)c(CC(C(=O)O)C(C)C)c1Cl. The van der Waals surface area contributed by atoms with E-state index >= 15 is 0 Å². The molecule has 0 fully saturated rings. The Labute approximate surface area is 100 Å². The van der Waals surface area contributed by atoms with Crippen LogP contribution >= 0.6 is 11.6 Å². The van der Waals surface area contributed by atoms with Gasteiger partial charge in [-0.15, -0.1) is 0 Å². The third-order valence-electron chi connectivity index (χ3n) is 2.80. The molecular weight excluding hydrogens is 228 g/mol. The maximum absolute atomic E-state index is 11.1. The van der Waals surface area contributed by atoms with E-state index in [1.165, 1.54) is 0 Å². The molecule has 1 rings (SSSR count). The van der Waals surface area contributed by atoms with Gasteiger partial charge in [-0.3, -0.25) is 9.48 Å². The third kappa shape index (κ3) is 2.55. The summed E-state index contributed by atoms with van der Waals surface area (Å²) in [5.74, 6) is -1.14. The second-order valence-electron chi connectivity index (χ2n) is 4.36. The van der Waals surface area contributed by atoms with Gasteiger partial charge in [0.25, 0.3) is 0 Å². The lowest BCUT2D eigenvalue weighted by atomic mass is 9.91. The van der Waals surface area contributed by atoms with Crippen molar-refractivity contribution in [2.24, 2.45) is 18.9 Å². The lowest BCUT2D eigenvalue weighted by Gasteiger charge is -2.16. The fraction of sp³-hybridized carbons (Fsp3) is 0.636. The molecule has 0 saturated heterocycles. The molecule has 90 valence electrons. The Hall–Kier alpha value is -1.03. The molecule has 0 bridgehead atoms. The quantitative estimate of drug-likeness (QED) is 0.884. The molecule has 16 heavy (non-hydrogen) atoms. The first-order valence-electron chi connectivity index (χ1n) is 5.25. The van der Waals surface area contributed by atoms with E-state index in [2.05, 4.69) is 5.10 Å². The Bertz CT molecular complexity index is 399. The molecule has 1 heterocycles. The Morgan fingerprint density at radius 2 is 2.12 bits per heavy atom. The molecule has 5 heteroatoms. The first-order chi connectivity index (χ1) is 7.34. The van der Waals surface area contributed by atoms with Gasteiger partial charge in [0.15, 0.2) is 0 Å². The van der Waals surface area contributed by atoms with Crippen LogP contribution < -0.4 is 0 Å². The fourth-order valence-electron chi connectivity index (χ4n) is 1.72. The van der Waals surface area contributed by atoms with E-state index in [-0.39, 0.29) is 5.92 Å². The predicted molar refractivity (Wildman–Crippen MR) is 62.6 cm³/mol. The molecule has 0 aliphatic carbocycles. The van der Waals surface area contributed by atoms with E-state index in [1.54, 1.807) is 11.7 Å². The topological polar surface area (TPSA) is 55.1 Å². The monoisotopic (exact) mass is 244 g/mol. The molecule has 0 aromatic carbocycles. The van der Waals surface area contributed by atoms with Crippen molar-refractivity contribution in [3.05, 3.63) is 16.4 Å². The van der Waals surface area contributed by atoms with Crippen molar-refractivity contribution >= 4 is 17.6 Å². The summed E-state index contributed by atoms with van der Waals surface area (Å²) >= 11 is 6.09. The third-order valence-corrected chi connectivity index (χ3v) is 3.29. The van der Waals surface area contributed by atoms with Crippen LogP contribution in [0, 0.1) is 18.8 Å². The van der Waals surface area contributed by atoms with Crippen molar-refractivity contribution in [1.82, 2.24) is 9.78 Å². The van der Waals surface area contributed by atoms with Gasteiger partial charge >= 0.3 is 5.97 Å². The van der Waals surface area contributed by atoms with E-state index in [0.717, 1.165) is 11.4 Å². The molecule has 1 unspecified atom stereocenters. The van der Waals surface area contributed by atoms with E-state index in [4.69, 9.17) is 16.7 Å². The number of aliphatic carboxylic acids is 1. The molecule has 0 aliphatic rings. The van der Waals surface area contributed by atoms with Crippen LogP contribution in [0.2, 0.25) is 5.02 Å². The number of halogens is 1. The van der Waals surface area contributed by atoms with Gasteiger partial charge in [-0.05, 0) is 12.8 Å². The summed E-state index contributed by atoms with van der Waals surface area (Å²) in [5.41, 5.74) is 1.53. The Morgan fingerprint density at radius 3 is 2.44 bits per heavy atom. The molecular formula is C11H17ClN2O2. The van der Waals surface area contributed by atoms with Crippen LogP contribution in [0.5, 0.6) is 0 Å². The predicted octanol–water partition coefficient (Wildman–Crippen LogP) is 2.28. The summed E-state index contributed by atoms with van der Waals surface area (Å²) in [6.45, 7) is 5.61. The van der Waals surface area contributed by atoms with Crippen molar-refractivity contribution in [2.45, 2.75) is 27.2 Å².